The molecule has 7 heteroatoms. The number of sulfonamides is 1. The van der Waals surface area contributed by atoms with Gasteiger partial charge in [-0.15, -0.1) is 0 Å². The van der Waals surface area contributed by atoms with Crippen LogP contribution in [0, 0.1) is 5.92 Å². The van der Waals surface area contributed by atoms with E-state index in [1.54, 1.807) is 22.5 Å². The van der Waals surface area contributed by atoms with Crippen LogP contribution in [0.15, 0.2) is 95.6 Å². The number of fused-ring (bicyclic) bond motifs is 1. The average Bonchev–Trinajstić information content (AvgIpc) is 2.89. The Morgan fingerprint density at radius 1 is 1.03 bits per heavy atom. The highest BCUT2D eigenvalue weighted by Crippen LogP contribution is 2.28. The van der Waals surface area contributed by atoms with Gasteiger partial charge in [0.25, 0.3) is 0 Å². The third-order valence-corrected chi connectivity index (χ3v) is 8.79. The minimum absolute atomic E-state index is 0.385. The Morgan fingerprint density at radius 3 is 2.58 bits per heavy atom. The molecule has 36 heavy (non-hydrogen) atoms. The van der Waals surface area contributed by atoms with E-state index in [9.17, 15) is 13.2 Å². The summed E-state index contributed by atoms with van der Waals surface area (Å²) in [6.45, 7) is 2.97. The van der Waals surface area contributed by atoms with E-state index in [4.69, 9.17) is 5.11 Å². The van der Waals surface area contributed by atoms with Crippen LogP contribution in [0.5, 0.6) is 0 Å². The monoisotopic (exact) mass is 506 g/mol. The molecule has 0 aromatic heterocycles. The lowest BCUT2D eigenvalue weighted by molar-refractivity contribution is -0.131. The number of allylic oxidation sites excluding steroid dienone is 4. The number of hydrogen-bond donors (Lipinski definition) is 1. The molecule has 6 nitrogen and oxygen atoms in total. The Hall–Kier alpha value is -3.16. The predicted molar refractivity (Wildman–Crippen MR) is 144 cm³/mol. The van der Waals surface area contributed by atoms with Gasteiger partial charge in [-0.05, 0) is 65.9 Å². The largest absolute Gasteiger partial charge is 0.478 e. The molecule has 0 unspecified atom stereocenters. The van der Waals surface area contributed by atoms with Crippen molar-refractivity contribution in [1.29, 1.82) is 0 Å². The van der Waals surface area contributed by atoms with Gasteiger partial charge in [-0.25, -0.2) is 13.2 Å². The second-order valence-electron chi connectivity index (χ2n) is 9.46. The zero-order chi connectivity index (χ0) is 25.4. The summed E-state index contributed by atoms with van der Waals surface area (Å²) >= 11 is 0. The molecule has 0 bridgehead atoms. The van der Waals surface area contributed by atoms with Crippen molar-refractivity contribution >= 4 is 26.8 Å². The highest BCUT2D eigenvalue weighted by Gasteiger charge is 2.29. The van der Waals surface area contributed by atoms with Crippen molar-refractivity contribution in [1.82, 2.24) is 9.21 Å². The zero-order valence-corrected chi connectivity index (χ0v) is 21.3. The summed E-state index contributed by atoms with van der Waals surface area (Å²) in [5.41, 5.74) is 1.15. The molecule has 2 heterocycles. The van der Waals surface area contributed by atoms with Gasteiger partial charge in [0.1, 0.15) is 0 Å². The summed E-state index contributed by atoms with van der Waals surface area (Å²) in [6, 6.07) is 13.2. The van der Waals surface area contributed by atoms with Gasteiger partial charge in [0, 0.05) is 32.3 Å². The van der Waals surface area contributed by atoms with E-state index in [1.807, 2.05) is 48.6 Å². The van der Waals surface area contributed by atoms with E-state index in [-0.39, 0.29) is 0 Å². The summed E-state index contributed by atoms with van der Waals surface area (Å²) in [4.78, 5) is 13.2. The highest BCUT2D eigenvalue weighted by atomic mass is 32.2. The van der Waals surface area contributed by atoms with Crippen LogP contribution in [0.2, 0.25) is 0 Å². The molecular weight excluding hydrogens is 472 g/mol. The van der Waals surface area contributed by atoms with E-state index >= 15 is 0 Å². The van der Waals surface area contributed by atoms with Crippen molar-refractivity contribution in [2.45, 2.75) is 37.0 Å². The molecule has 2 aromatic rings. The predicted octanol–water partition coefficient (Wildman–Crippen LogP) is 5.36. The van der Waals surface area contributed by atoms with Crippen LogP contribution in [-0.2, 0) is 14.8 Å². The van der Waals surface area contributed by atoms with Gasteiger partial charge in [0.2, 0.25) is 10.0 Å². The first-order chi connectivity index (χ1) is 17.4. The molecule has 0 amide bonds. The zero-order valence-electron chi connectivity index (χ0n) is 20.5. The van der Waals surface area contributed by atoms with Crippen LogP contribution in [0.4, 0.5) is 0 Å². The molecule has 0 atom stereocenters. The first kappa shape index (κ1) is 25.9. The summed E-state index contributed by atoms with van der Waals surface area (Å²) < 4.78 is 28.0. The van der Waals surface area contributed by atoms with Crippen molar-refractivity contribution < 1.29 is 18.3 Å². The molecule has 0 aliphatic carbocycles. The Balaban J connectivity index is 1.18. The molecule has 1 saturated heterocycles. The SMILES string of the molecule is O=C(O)C=CC=CC1=CC=CN(CCCCC2CCN(S(=O)(=O)c3ccc4ccccc4c3)CC2)C1. The number of piperidine rings is 1. The van der Waals surface area contributed by atoms with Gasteiger partial charge in [-0.2, -0.15) is 4.31 Å². The van der Waals surface area contributed by atoms with E-state index in [2.05, 4.69) is 11.1 Å². The van der Waals surface area contributed by atoms with Crippen LogP contribution < -0.4 is 0 Å². The second-order valence-corrected chi connectivity index (χ2v) is 11.4. The Morgan fingerprint density at radius 2 is 1.81 bits per heavy atom. The van der Waals surface area contributed by atoms with Gasteiger partial charge in [0.15, 0.2) is 0 Å². The van der Waals surface area contributed by atoms with Gasteiger partial charge in [-0.1, -0.05) is 67.5 Å². The molecule has 4 rings (SSSR count). The summed E-state index contributed by atoms with van der Waals surface area (Å²) in [5.74, 6) is -0.375. The summed E-state index contributed by atoms with van der Waals surface area (Å²) in [5, 5.41) is 10.6. The number of benzene rings is 2. The molecule has 2 aliphatic rings. The molecule has 0 saturated carbocycles. The highest BCUT2D eigenvalue weighted by molar-refractivity contribution is 7.89. The van der Waals surface area contributed by atoms with E-state index in [0.29, 0.717) is 23.9 Å². The first-order valence-corrected chi connectivity index (χ1v) is 14.0. The number of unbranched alkanes of at least 4 members (excludes halogenated alkanes) is 1. The van der Waals surface area contributed by atoms with Crippen LogP contribution in [0.1, 0.15) is 32.1 Å². The lowest BCUT2D eigenvalue weighted by atomic mass is 9.92. The van der Waals surface area contributed by atoms with Crippen molar-refractivity contribution in [3.05, 3.63) is 90.7 Å². The molecule has 1 N–H and O–H groups in total. The molecule has 190 valence electrons. The molecule has 0 radical (unpaired) electrons. The normalized spacial score (nSPS) is 17.9. The number of carboxylic acid groups (broad SMARTS) is 1. The van der Waals surface area contributed by atoms with Crippen molar-refractivity contribution in [3.63, 3.8) is 0 Å². The average molecular weight is 507 g/mol. The van der Waals surface area contributed by atoms with Crippen molar-refractivity contribution in [2.24, 2.45) is 5.92 Å². The number of rotatable bonds is 10. The second kappa shape index (κ2) is 12.2. The smallest absolute Gasteiger partial charge is 0.328 e. The minimum atomic E-state index is -3.46. The number of aliphatic carboxylic acids is 1. The Bertz CT molecular complexity index is 1290. The van der Waals surface area contributed by atoms with E-state index < -0.39 is 16.0 Å². The van der Waals surface area contributed by atoms with Gasteiger partial charge in [-0.3, -0.25) is 0 Å². The minimum Gasteiger partial charge on any atom is -0.478 e. The van der Waals surface area contributed by atoms with E-state index in [0.717, 1.165) is 67.6 Å². The van der Waals surface area contributed by atoms with Gasteiger partial charge in [0.05, 0.1) is 4.90 Å². The topological polar surface area (TPSA) is 77.9 Å². The van der Waals surface area contributed by atoms with Crippen LogP contribution in [0.25, 0.3) is 10.8 Å². The number of hydrogen-bond acceptors (Lipinski definition) is 4. The summed E-state index contributed by atoms with van der Waals surface area (Å²) in [7, 11) is -3.46. The van der Waals surface area contributed by atoms with Crippen LogP contribution in [0.3, 0.4) is 0 Å². The third kappa shape index (κ3) is 6.95. The fraction of sp³-hybridized carbons (Fsp3) is 0.345. The Labute approximate surface area is 214 Å². The standard InChI is InChI=1S/C29H34N2O4S/c32-29(33)13-4-1-9-25-10-7-19-30(23-25)18-6-5-8-24-16-20-31(21-17-24)36(34,35)28-15-14-26-11-2-3-12-27(26)22-28/h1-4,7,9-15,19,22,24H,5-6,8,16-18,20-21,23H2,(H,32,33). The maximum absolute atomic E-state index is 13.2. The molecule has 2 aliphatic heterocycles. The van der Waals surface area contributed by atoms with Crippen molar-refractivity contribution in [3.8, 4) is 0 Å². The van der Waals surface area contributed by atoms with Crippen LogP contribution in [-0.4, -0.2) is 54.9 Å². The van der Waals surface area contributed by atoms with Gasteiger partial charge >= 0.3 is 5.97 Å². The van der Waals surface area contributed by atoms with E-state index in [1.165, 1.54) is 6.08 Å². The number of carboxylic acids is 1. The molecule has 2 aromatic carbocycles. The maximum atomic E-state index is 13.2. The van der Waals surface area contributed by atoms with Crippen molar-refractivity contribution in [2.75, 3.05) is 26.2 Å². The Kier molecular flexibility index (Phi) is 8.78. The summed E-state index contributed by atoms with van der Waals surface area (Å²) in [6.07, 6.45) is 17.7. The lowest BCUT2D eigenvalue weighted by Gasteiger charge is -2.31. The first-order valence-electron chi connectivity index (χ1n) is 12.6. The molecule has 1 fully saturated rings. The fourth-order valence-corrected chi connectivity index (χ4v) is 6.38. The van der Waals surface area contributed by atoms with Gasteiger partial charge < -0.3 is 10.0 Å². The number of nitrogens with zero attached hydrogens (tertiary/aromatic N) is 2. The lowest BCUT2D eigenvalue weighted by Crippen LogP contribution is -2.38. The fourth-order valence-electron chi connectivity index (χ4n) is 4.87. The molecular formula is C29H34N2O4S. The van der Waals surface area contributed by atoms with Crippen LogP contribution >= 0.6 is 0 Å². The quantitative estimate of drug-likeness (QED) is 0.267. The maximum Gasteiger partial charge on any atom is 0.328 e. The number of carbonyl (C=O) groups is 1. The molecule has 0 spiro atoms. The third-order valence-electron chi connectivity index (χ3n) is 6.89.